The lowest BCUT2D eigenvalue weighted by Gasteiger charge is -2.38. The van der Waals surface area contributed by atoms with Crippen LogP contribution in [0.4, 0.5) is 0 Å². The first-order valence-electron chi connectivity index (χ1n) is 16.3. The molecule has 6 rings (SSSR count). The van der Waals surface area contributed by atoms with E-state index in [1.165, 1.54) is 6.26 Å². The number of hydrogen-bond acceptors (Lipinski definition) is 9. The molecule has 2 N–H and O–H groups in total. The van der Waals surface area contributed by atoms with Crippen molar-refractivity contribution in [2.24, 2.45) is 5.92 Å². The Morgan fingerprint density at radius 1 is 1.00 bits per heavy atom. The molecular weight excluding hydrogens is 606 g/mol. The maximum Gasteiger partial charge on any atom is 0.326 e. The maximum absolute atomic E-state index is 14.0. The second kappa shape index (κ2) is 15.1. The summed E-state index contributed by atoms with van der Waals surface area (Å²) < 4.78 is 31.1. The van der Waals surface area contributed by atoms with E-state index in [1.807, 2.05) is 37.3 Å². The lowest BCUT2D eigenvalue weighted by atomic mass is 9.81. The number of nitrogens with one attached hydrogen (secondary N) is 1. The van der Waals surface area contributed by atoms with Crippen molar-refractivity contribution < 1.29 is 33.3 Å². The van der Waals surface area contributed by atoms with Crippen LogP contribution in [0.3, 0.4) is 0 Å². The molecular formula is C35H41N3O9. The Hall–Kier alpha value is -4.23. The molecule has 1 amide bonds. The zero-order chi connectivity index (χ0) is 32.8. The summed E-state index contributed by atoms with van der Waals surface area (Å²) in [5.74, 6) is -1.06. The summed E-state index contributed by atoms with van der Waals surface area (Å²) >= 11 is 0. The number of piperidine rings is 1. The number of likely N-dealkylation sites (tertiary alicyclic amines) is 1. The van der Waals surface area contributed by atoms with Crippen LogP contribution >= 0.6 is 0 Å². The number of allylic oxidation sites excluding steroid dienone is 1. The number of para-hydroxylation sites is 3. The predicted octanol–water partition coefficient (Wildman–Crippen LogP) is 3.69. The Kier molecular flexibility index (Phi) is 10.5. The van der Waals surface area contributed by atoms with Gasteiger partial charge < -0.3 is 38.4 Å². The Morgan fingerprint density at radius 2 is 1.74 bits per heavy atom. The zero-order valence-electron chi connectivity index (χ0n) is 26.5. The van der Waals surface area contributed by atoms with E-state index in [-0.39, 0.29) is 48.0 Å². The number of imidazole rings is 1. The molecule has 0 radical (unpaired) electrons. The molecule has 4 aromatic rings. The van der Waals surface area contributed by atoms with E-state index in [0.717, 1.165) is 11.0 Å². The van der Waals surface area contributed by atoms with Crippen LogP contribution in [0.5, 0.6) is 0 Å². The Balaban J connectivity index is 1.24. The summed E-state index contributed by atoms with van der Waals surface area (Å²) in [6.07, 6.45) is 4.08. The third kappa shape index (κ3) is 7.05. The first kappa shape index (κ1) is 32.7. The fourth-order valence-corrected chi connectivity index (χ4v) is 6.64. The summed E-state index contributed by atoms with van der Waals surface area (Å²) in [5.41, 5.74) is 2.21. The van der Waals surface area contributed by atoms with E-state index in [0.29, 0.717) is 75.3 Å². The van der Waals surface area contributed by atoms with Gasteiger partial charge in [0.05, 0.1) is 49.1 Å². The summed E-state index contributed by atoms with van der Waals surface area (Å²) in [6.45, 7) is 4.28. The highest BCUT2D eigenvalue weighted by atomic mass is 16.7. The lowest BCUT2D eigenvalue weighted by molar-refractivity contribution is -0.172. The van der Waals surface area contributed by atoms with Gasteiger partial charge in [-0.15, -0.1) is 0 Å². The molecule has 250 valence electrons. The molecule has 1 fully saturated rings. The second-order valence-corrected chi connectivity index (χ2v) is 11.8. The molecule has 3 atom stereocenters. The molecule has 47 heavy (non-hydrogen) atoms. The minimum Gasteiger partial charge on any atom is -0.464 e. The smallest absolute Gasteiger partial charge is 0.326 e. The number of aliphatic hydroxyl groups is 1. The zero-order valence-corrected chi connectivity index (χ0v) is 26.5. The topological polar surface area (TPSA) is 145 Å². The number of amides is 1. The standard InChI is InChI=1S/C35H41N3O9/c1-2-45-34-24(13-17-43-19-20-44-18-16-39)26(27-22-46-30-10-6-3-7-25(30)32(27)40)21-31(47-34)33(41)37-14-11-23(12-15-37)38-29-9-5-4-8-28(29)36-35(38)42/h3-10,21-24,26,34,39H,2,11-20H2,1H3,(H,36,42)/t24-,26+,34-/m0/s1. The number of rotatable bonds is 13. The molecule has 2 aromatic carbocycles. The first-order chi connectivity index (χ1) is 23.0. The first-order valence-corrected chi connectivity index (χ1v) is 16.3. The molecule has 2 aromatic heterocycles. The van der Waals surface area contributed by atoms with Gasteiger partial charge in [0.2, 0.25) is 6.29 Å². The highest BCUT2D eigenvalue weighted by Crippen LogP contribution is 2.39. The van der Waals surface area contributed by atoms with Crippen molar-refractivity contribution in [3.05, 3.63) is 92.9 Å². The van der Waals surface area contributed by atoms with Crippen molar-refractivity contribution in [2.45, 2.75) is 44.4 Å². The summed E-state index contributed by atoms with van der Waals surface area (Å²) in [6, 6.07) is 14.6. The van der Waals surface area contributed by atoms with Crippen molar-refractivity contribution in [1.29, 1.82) is 0 Å². The summed E-state index contributed by atoms with van der Waals surface area (Å²) in [4.78, 5) is 45.2. The van der Waals surface area contributed by atoms with Gasteiger partial charge in [-0.2, -0.15) is 0 Å². The maximum atomic E-state index is 14.0. The SMILES string of the molecule is CCO[C@H]1OC(C(=O)N2CCC(n3c(=O)[nH]c4ccccc43)CC2)=C[C@@H](c2coc3ccccc3c2=O)[C@@H]1CCOCCOCCO. The average Bonchev–Trinajstić information content (AvgIpc) is 3.44. The molecule has 0 saturated carbocycles. The third-order valence-corrected chi connectivity index (χ3v) is 8.94. The van der Waals surface area contributed by atoms with Crippen LogP contribution in [0.2, 0.25) is 0 Å². The van der Waals surface area contributed by atoms with Gasteiger partial charge in [-0.1, -0.05) is 24.3 Å². The number of benzene rings is 2. The quantitative estimate of drug-likeness (QED) is 0.208. The molecule has 12 nitrogen and oxygen atoms in total. The van der Waals surface area contributed by atoms with Crippen LogP contribution in [-0.4, -0.2) is 84.5 Å². The van der Waals surface area contributed by atoms with E-state index in [4.69, 9.17) is 28.5 Å². The molecule has 0 spiro atoms. The minimum absolute atomic E-state index is 0.0477. The van der Waals surface area contributed by atoms with Crippen LogP contribution in [-0.2, 0) is 23.7 Å². The van der Waals surface area contributed by atoms with Gasteiger partial charge in [0.15, 0.2) is 11.2 Å². The van der Waals surface area contributed by atoms with Crippen LogP contribution in [0.15, 0.2) is 80.6 Å². The molecule has 4 heterocycles. The normalized spacial score (nSPS) is 20.4. The van der Waals surface area contributed by atoms with E-state index in [2.05, 4.69) is 4.98 Å². The van der Waals surface area contributed by atoms with E-state index in [9.17, 15) is 14.4 Å². The predicted molar refractivity (Wildman–Crippen MR) is 174 cm³/mol. The molecule has 0 aliphatic carbocycles. The van der Waals surface area contributed by atoms with Gasteiger partial charge in [-0.25, -0.2) is 4.79 Å². The van der Waals surface area contributed by atoms with Crippen molar-refractivity contribution in [3.8, 4) is 0 Å². The van der Waals surface area contributed by atoms with Crippen molar-refractivity contribution >= 4 is 27.9 Å². The van der Waals surface area contributed by atoms with Gasteiger partial charge in [0.1, 0.15) is 5.58 Å². The molecule has 2 aliphatic rings. The molecule has 1 saturated heterocycles. The van der Waals surface area contributed by atoms with Gasteiger partial charge >= 0.3 is 5.69 Å². The molecule has 12 heteroatoms. The number of fused-ring (bicyclic) bond motifs is 2. The van der Waals surface area contributed by atoms with Gasteiger partial charge in [-0.3, -0.25) is 14.2 Å². The largest absolute Gasteiger partial charge is 0.464 e. The highest BCUT2D eigenvalue weighted by Gasteiger charge is 2.41. The number of hydrogen-bond donors (Lipinski definition) is 2. The number of carbonyl (C=O) groups excluding carboxylic acids is 1. The summed E-state index contributed by atoms with van der Waals surface area (Å²) in [7, 11) is 0. The summed E-state index contributed by atoms with van der Waals surface area (Å²) in [5, 5.41) is 9.37. The lowest BCUT2D eigenvalue weighted by Crippen LogP contribution is -2.44. The van der Waals surface area contributed by atoms with Crippen LogP contribution in [0.25, 0.3) is 22.0 Å². The number of carbonyl (C=O) groups is 1. The second-order valence-electron chi connectivity index (χ2n) is 11.8. The van der Waals surface area contributed by atoms with Crippen LogP contribution in [0.1, 0.15) is 43.7 Å². The van der Waals surface area contributed by atoms with Crippen molar-refractivity contribution in [3.63, 3.8) is 0 Å². The third-order valence-electron chi connectivity index (χ3n) is 8.94. The van der Waals surface area contributed by atoms with Crippen molar-refractivity contribution in [2.75, 3.05) is 52.7 Å². The van der Waals surface area contributed by atoms with E-state index in [1.54, 1.807) is 33.7 Å². The fourth-order valence-electron chi connectivity index (χ4n) is 6.64. The molecule has 0 bridgehead atoms. The molecule has 2 aliphatic heterocycles. The Labute approximate surface area is 271 Å². The highest BCUT2D eigenvalue weighted by molar-refractivity contribution is 5.92. The Morgan fingerprint density at radius 3 is 2.53 bits per heavy atom. The van der Waals surface area contributed by atoms with Crippen LogP contribution in [0, 0.1) is 5.92 Å². The van der Waals surface area contributed by atoms with E-state index < -0.39 is 12.2 Å². The number of nitrogens with zero attached hydrogens (tertiary/aromatic N) is 2. The number of ether oxygens (including phenoxy) is 4. The van der Waals surface area contributed by atoms with Gasteiger partial charge in [-0.05, 0) is 56.5 Å². The number of H-pyrrole nitrogens is 1. The van der Waals surface area contributed by atoms with Gasteiger partial charge in [0.25, 0.3) is 5.91 Å². The van der Waals surface area contributed by atoms with Gasteiger partial charge in [0, 0.05) is 49.7 Å². The number of aromatic amines is 1. The monoisotopic (exact) mass is 647 g/mol. The fraction of sp³-hybridized carbons (Fsp3) is 0.457. The van der Waals surface area contributed by atoms with E-state index >= 15 is 0 Å². The average molecular weight is 648 g/mol. The van der Waals surface area contributed by atoms with Crippen molar-refractivity contribution in [1.82, 2.24) is 14.5 Å². The Bertz CT molecular complexity index is 1820. The number of aromatic nitrogens is 2. The number of aliphatic hydroxyl groups excluding tert-OH is 1. The minimum atomic E-state index is -0.809. The molecule has 0 unspecified atom stereocenters. The van der Waals surface area contributed by atoms with Crippen LogP contribution < -0.4 is 11.1 Å².